The zero-order valence-electron chi connectivity index (χ0n) is 10.1. The quantitative estimate of drug-likeness (QED) is 0.800. The summed E-state index contributed by atoms with van der Waals surface area (Å²) in [6.07, 6.45) is 1.44. The summed E-state index contributed by atoms with van der Waals surface area (Å²) in [5.74, 6) is 0. The molecule has 0 saturated heterocycles. The minimum Gasteiger partial charge on any atom is -0.298 e. The highest BCUT2D eigenvalue weighted by Gasteiger charge is 2.16. The van der Waals surface area contributed by atoms with Gasteiger partial charge in [-0.3, -0.25) is 4.79 Å². The van der Waals surface area contributed by atoms with Gasteiger partial charge in [0, 0.05) is 4.47 Å². The molecule has 0 fully saturated rings. The van der Waals surface area contributed by atoms with E-state index < -0.39 is 0 Å². The fraction of sp³-hybridized carbons (Fsp3) is 0.231. The molecule has 0 unspecified atom stereocenters. The number of benzene rings is 1. The van der Waals surface area contributed by atoms with E-state index in [0.29, 0.717) is 17.1 Å². The molecule has 18 heavy (non-hydrogen) atoms. The van der Waals surface area contributed by atoms with Crippen molar-refractivity contribution in [3.05, 3.63) is 44.6 Å². The van der Waals surface area contributed by atoms with Crippen LogP contribution in [0.5, 0.6) is 0 Å². The Morgan fingerprint density at radius 3 is 2.72 bits per heavy atom. The predicted octanol–water partition coefficient (Wildman–Crippen LogP) is 3.97. The summed E-state index contributed by atoms with van der Waals surface area (Å²) in [6, 6.07) is 5.83. The van der Waals surface area contributed by atoms with Gasteiger partial charge in [-0.25, -0.2) is 4.68 Å². The predicted molar refractivity (Wildman–Crippen MR) is 75.8 cm³/mol. The number of aldehydes is 1. The van der Waals surface area contributed by atoms with Crippen LogP contribution in [-0.4, -0.2) is 16.1 Å². The minimum absolute atomic E-state index is 0.368. The average molecular weight is 328 g/mol. The number of rotatable bonds is 3. The van der Waals surface area contributed by atoms with Crippen LogP contribution >= 0.6 is 27.5 Å². The van der Waals surface area contributed by atoms with Gasteiger partial charge in [-0.1, -0.05) is 34.5 Å². The molecule has 0 N–H and O–H groups in total. The Bertz CT molecular complexity index is 607. The average Bonchev–Trinajstić information content (AvgIpc) is 2.66. The molecule has 0 saturated carbocycles. The number of aryl methyl sites for hydroxylation is 2. The molecule has 0 aliphatic heterocycles. The molecule has 1 aromatic heterocycles. The molecule has 5 heteroatoms. The fourth-order valence-corrected chi connectivity index (χ4v) is 2.60. The van der Waals surface area contributed by atoms with Gasteiger partial charge in [-0.05, 0) is 37.1 Å². The van der Waals surface area contributed by atoms with Crippen molar-refractivity contribution in [3.63, 3.8) is 0 Å². The van der Waals surface area contributed by atoms with Crippen molar-refractivity contribution >= 4 is 33.8 Å². The first-order chi connectivity index (χ1) is 8.58. The molecule has 0 bridgehead atoms. The largest absolute Gasteiger partial charge is 0.298 e. The summed E-state index contributed by atoms with van der Waals surface area (Å²) in [4.78, 5) is 11.0. The van der Waals surface area contributed by atoms with Gasteiger partial charge < -0.3 is 0 Å². The van der Waals surface area contributed by atoms with E-state index in [1.807, 2.05) is 32.0 Å². The maximum Gasteiger partial charge on any atom is 0.155 e. The Hall–Kier alpha value is -1.13. The van der Waals surface area contributed by atoms with E-state index >= 15 is 0 Å². The maximum absolute atomic E-state index is 11.0. The van der Waals surface area contributed by atoms with Gasteiger partial charge in [0.05, 0.1) is 16.9 Å². The van der Waals surface area contributed by atoms with Crippen LogP contribution in [0.4, 0.5) is 0 Å². The first kappa shape index (κ1) is 13.3. The molecule has 0 atom stereocenters. The number of hydrogen-bond acceptors (Lipinski definition) is 2. The molecule has 3 nitrogen and oxygen atoms in total. The van der Waals surface area contributed by atoms with Gasteiger partial charge >= 0.3 is 0 Å². The van der Waals surface area contributed by atoms with Crippen LogP contribution in [0.15, 0.2) is 22.7 Å². The van der Waals surface area contributed by atoms with E-state index in [-0.39, 0.29) is 0 Å². The fourth-order valence-electron chi connectivity index (χ4n) is 1.85. The molecule has 0 amide bonds. The second-order valence-corrected chi connectivity index (χ2v) is 5.24. The van der Waals surface area contributed by atoms with Crippen LogP contribution in [0.25, 0.3) is 5.69 Å². The Morgan fingerprint density at radius 2 is 2.22 bits per heavy atom. The van der Waals surface area contributed by atoms with Crippen molar-refractivity contribution in [2.75, 3.05) is 0 Å². The van der Waals surface area contributed by atoms with Crippen molar-refractivity contribution < 1.29 is 4.79 Å². The Morgan fingerprint density at radius 1 is 1.50 bits per heavy atom. The van der Waals surface area contributed by atoms with Crippen LogP contribution in [-0.2, 0) is 6.42 Å². The number of nitrogens with zero attached hydrogens (tertiary/aromatic N) is 2. The molecule has 94 valence electrons. The summed E-state index contributed by atoms with van der Waals surface area (Å²) < 4.78 is 2.62. The standard InChI is InChI=1S/C13H12BrClN2O/c1-3-11-10(7-18)13(15)17(16-11)12-5-4-9(14)6-8(12)2/h4-7H,3H2,1-2H3. The van der Waals surface area contributed by atoms with Crippen molar-refractivity contribution in [3.8, 4) is 5.69 Å². The highest BCUT2D eigenvalue weighted by molar-refractivity contribution is 9.10. The lowest BCUT2D eigenvalue weighted by molar-refractivity contribution is 0.112. The summed E-state index contributed by atoms with van der Waals surface area (Å²) >= 11 is 9.63. The van der Waals surface area contributed by atoms with Gasteiger partial charge in [-0.2, -0.15) is 5.10 Å². The second kappa shape index (κ2) is 5.24. The van der Waals surface area contributed by atoms with Gasteiger partial charge in [0.1, 0.15) is 5.15 Å². The van der Waals surface area contributed by atoms with Crippen LogP contribution in [0.1, 0.15) is 28.5 Å². The van der Waals surface area contributed by atoms with E-state index in [4.69, 9.17) is 11.6 Å². The topological polar surface area (TPSA) is 34.9 Å². The monoisotopic (exact) mass is 326 g/mol. The lowest BCUT2D eigenvalue weighted by Gasteiger charge is -2.07. The molecule has 1 heterocycles. The third kappa shape index (κ3) is 2.22. The Kier molecular flexibility index (Phi) is 3.88. The highest BCUT2D eigenvalue weighted by Crippen LogP contribution is 2.26. The van der Waals surface area contributed by atoms with E-state index in [1.54, 1.807) is 4.68 Å². The summed E-state index contributed by atoms with van der Waals surface area (Å²) in [7, 11) is 0. The zero-order valence-corrected chi connectivity index (χ0v) is 12.4. The Labute approximate surface area is 119 Å². The number of carbonyl (C=O) groups excluding carboxylic acids is 1. The van der Waals surface area contributed by atoms with Crippen molar-refractivity contribution in [1.29, 1.82) is 0 Å². The van der Waals surface area contributed by atoms with Crippen molar-refractivity contribution in [1.82, 2.24) is 9.78 Å². The van der Waals surface area contributed by atoms with Gasteiger partial charge in [0.15, 0.2) is 6.29 Å². The van der Waals surface area contributed by atoms with Gasteiger partial charge in [-0.15, -0.1) is 0 Å². The summed E-state index contributed by atoms with van der Waals surface area (Å²) in [5.41, 5.74) is 3.11. The number of carbonyl (C=O) groups is 1. The molecule has 2 rings (SSSR count). The molecule has 2 aromatic rings. The third-order valence-electron chi connectivity index (χ3n) is 2.78. The van der Waals surface area contributed by atoms with E-state index in [2.05, 4.69) is 21.0 Å². The number of halogens is 2. The van der Waals surface area contributed by atoms with Gasteiger partial charge in [0.25, 0.3) is 0 Å². The lowest BCUT2D eigenvalue weighted by Crippen LogP contribution is -1.99. The number of aromatic nitrogens is 2. The van der Waals surface area contributed by atoms with E-state index in [9.17, 15) is 4.79 Å². The van der Waals surface area contributed by atoms with Crippen LogP contribution < -0.4 is 0 Å². The van der Waals surface area contributed by atoms with E-state index in [0.717, 1.165) is 27.7 Å². The lowest BCUT2D eigenvalue weighted by atomic mass is 10.2. The molecular formula is C13H12BrClN2O. The normalized spacial score (nSPS) is 10.7. The SMILES string of the molecule is CCc1nn(-c2ccc(Br)cc2C)c(Cl)c1C=O. The van der Waals surface area contributed by atoms with Crippen molar-refractivity contribution in [2.24, 2.45) is 0 Å². The third-order valence-corrected chi connectivity index (χ3v) is 3.64. The minimum atomic E-state index is 0.368. The molecular weight excluding hydrogens is 316 g/mol. The first-order valence-corrected chi connectivity index (χ1v) is 6.74. The van der Waals surface area contributed by atoms with Crippen molar-refractivity contribution in [2.45, 2.75) is 20.3 Å². The molecule has 0 aliphatic carbocycles. The molecule has 0 aliphatic rings. The summed E-state index contributed by atoms with van der Waals surface area (Å²) in [6.45, 7) is 3.93. The summed E-state index contributed by atoms with van der Waals surface area (Å²) in [5, 5.41) is 4.77. The van der Waals surface area contributed by atoms with E-state index in [1.165, 1.54) is 0 Å². The number of hydrogen-bond donors (Lipinski definition) is 0. The Balaban J connectivity index is 2.64. The van der Waals surface area contributed by atoms with Crippen LogP contribution in [0, 0.1) is 6.92 Å². The van der Waals surface area contributed by atoms with Crippen LogP contribution in [0.2, 0.25) is 5.15 Å². The van der Waals surface area contributed by atoms with Gasteiger partial charge in [0.2, 0.25) is 0 Å². The molecule has 0 spiro atoms. The second-order valence-electron chi connectivity index (χ2n) is 3.97. The van der Waals surface area contributed by atoms with Crippen LogP contribution in [0.3, 0.4) is 0 Å². The highest BCUT2D eigenvalue weighted by atomic mass is 79.9. The maximum atomic E-state index is 11.0. The smallest absolute Gasteiger partial charge is 0.155 e. The zero-order chi connectivity index (χ0) is 13.3. The molecule has 1 aromatic carbocycles. The molecule has 0 radical (unpaired) electrons. The first-order valence-electron chi connectivity index (χ1n) is 5.57.